The Bertz CT molecular complexity index is 477. The molecule has 1 amide bonds. The van der Waals surface area contributed by atoms with Gasteiger partial charge in [0, 0.05) is 5.92 Å². The van der Waals surface area contributed by atoms with Crippen molar-refractivity contribution in [2.45, 2.75) is 26.7 Å². The van der Waals surface area contributed by atoms with E-state index in [2.05, 4.69) is 10.2 Å². The third kappa shape index (κ3) is 4.21. The predicted octanol–water partition coefficient (Wildman–Crippen LogP) is 3.46. The molecule has 5 heteroatoms. The molecule has 0 atom stereocenters. The van der Waals surface area contributed by atoms with E-state index in [0.717, 1.165) is 0 Å². The number of allylic oxidation sites excluding steroid dienone is 1. The van der Waals surface area contributed by atoms with Crippen LogP contribution < -0.4 is 5.73 Å². The molecule has 0 radical (unpaired) electrons. The van der Waals surface area contributed by atoms with Crippen LogP contribution >= 0.6 is 0 Å². The summed E-state index contributed by atoms with van der Waals surface area (Å²) >= 11 is 0. The number of rotatable bonds is 6. The van der Waals surface area contributed by atoms with E-state index in [1.54, 1.807) is 12.1 Å². The smallest absolute Gasteiger partial charge is 0.272 e. The molecule has 3 N–H and O–H groups in total. The highest BCUT2D eigenvalue weighted by Crippen LogP contribution is 2.22. The molecule has 0 heterocycles. The minimum Gasteiger partial charge on any atom is -0.509 e. The molecule has 0 fully saturated rings. The molecule has 0 saturated heterocycles. The van der Waals surface area contributed by atoms with Crippen LogP contribution in [0.4, 0.5) is 5.69 Å². The quantitative estimate of drug-likeness (QED) is 0.466. The van der Waals surface area contributed by atoms with Crippen LogP contribution in [0.2, 0.25) is 0 Å². The number of hydrogen-bond donors (Lipinski definition) is 2. The lowest BCUT2D eigenvalue weighted by Crippen LogP contribution is -2.17. The molecule has 0 spiro atoms. The average molecular weight is 261 g/mol. The Balaban J connectivity index is 3.05. The van der Waals surface area contributed by atoms with Crippen LogP contribution in [0.1, 0.15) is 26.7 Å². The Kier molecular flexibility index (Phi) is 5.73. The monoisotopic (exact) mass is 261 g/mol. The third-order valence-corrected chi connectivity index (χ3v) is 2.87. The number of nitrogens with two attached hydrogens (primary N) is 1. The van der Waals surface area contributed by atoms with Gasteiger partial charge in [0.2, 0.25) is 0 Å². The molecule has 102 valence electrons. The summed E-state index contributed by atoms with van der Waals surface area (Å²) in [4.78, 5) is 11.3. The maximum absolute atomic E-state index is 11.3. The largest absolute Gasteiger partial charge is 0.509 e. The van der Waals surface area contributed by atoms with Crippen LogP contribution in [0.25, 0.3) is 0 Å². The number of primary amides is 1. The van der Waals surface area contributed by atoms with Crippen LogP contribution in [-0.2, 0) is 4.79 Å². The second-order valence-electron chi connectivity index (χ2n) is 4.15. The summed E-state index contributed by atoms with van der Waals surface area (Å²) in [6, 6.07) is 8.96. The molecule has 0 aromatic heterocycles. The summed E-state index contributed by atoms with van der Waals surface area (Å²) in [5, 5.41) is 17.7. The standard InChI is InChI=1S/C14H19N3O2/c1-3-10(4-2)13(18)12(14(15)19)17-16-11-8-6-5-7-9-11/h5-10,18H,3-4H2,1-2H3,(H2,15,19). The van der Waals surface area contributed by atoms with Crippen LogP contribution in [-0.4, -0.2) is 11.0 Å². The zero-order valence-corrected chi connectivity index (χ0v) is 11.2. The number of hydrogen-bond acceptors (Lipinski definition) is 4. The molecule has 0 unspecified atom stereocenters. The van der Waals surface area contributed by atoms with Crippen molar-refractivity contribution in [1.29, 1.82) is 0 Å². The van der Waals surface area contributed by atoms with Gasteiger partial charge < -0.3 is 10.8 Å². The number of benzene rings is 1. The summed E-state index contributed by atoms with van der Waals surface area (Å²) in [5.41, 5.74) is 5.67. The minimum atomic E-state index is -0.774. The van der Waals surface area contributed by atoms with Crippen LogP contribution in [0, 0.1) is 5.92 Å². The highest BCUT2D eigenvalue weighted by atomic mass is 16.3. The molecule has 0 bridgehead atoms. The maximum Gasteiger partial charge on any atom is 0.272 e. The molecule has 5 nitrogen and oxygen atoms in total. The van der Waals surface area contributed by atoms with Gasteiger partial charge in [-0.3, -0.25) is 4.79 Å². The van der Waals surface area contributed by atoms with Gasteiger partial charge in [0.15, 0.2) is 5.70 Å². The molecular weight excluding hydrogens is 242 g/mol. The number of aliphatic hydroxyl groups is 1. The van der Waals surface area contributed by atoms with Crippen molar-refractivity contribution < 1.29 is 9.90 Å². The fraction of sp³-hybridized carbons (Fsp3) is 0.357. The van der Waals surface area contributed by atoms with Gasteiger partial charge in [-0.15, -0.1) is 5.11 Å². The molecule has 0 aliphatic carbocycles. The van der Waals surface area contributed by atoms with Gasteiger partial charge >= 0.3 is 0 Å². The van der Waals surface area contributed by atoms with E-state index < -0.39 is 5.91 Å². The van der Waals surface area contributed by atoms with Gasteiger partial charge in [-0.25, -0.2) is 0 Å². The molecule has 1 aromatic rings. The fourth-order valence-corrected chi connectivity index (χ4v) is 1.70. The first-order chi connectivity index (χ1) is 9.10. The zero-order chi connectivity index (χ0) is 14.3. The van der Waals surface area contributed by atoms with Gasteiger partial charge in [-0.05, 0) is 25.0 Å². The highest BCUT2D eigenvalue weighted by Gasteiger charge is 2.18. The third-order valence-electron chi connectivity index (χ3n) is 2.87. The molecule has 0 aliphatic heterocycles. The average Bonchev–Trinajstić information content (AvgIpc) is 2.41. The summed E-state index contributed by atoms with van der Waals surface area (Å²) in [6.45, 7) is 3.86. The first-order valence-electron chi connectivity index (χ1n) is 6.29. The fourth-order valence-electron chi connectivity index (χ4n) is 1.70. The summed E-state index contributed by atoms with van der Waals surface area (Å²) in [7, 11) is 0. The first kappa shape index (κ1) is 14.9. The predicted molar refractivity (Wildman–Crippen MR) is 73.9 cm³/mol. The van der Waals surface area contributed by atoms with E-state index >= 15 is 0 Å². The molecule has 0 saturated carbocycles. The SMILES string of the molecule is CCC(CC)C(O)=C(N=Nc1ccccc1)C(N)=O. The number of azo groups is 1. The Morgan fingerprint density at radius 1 is 1.26 bits per heavy atom. The molecule has 19 heavy (non-hydrogen) atoms. The lowest BCUT2D eigenvalue weighted by atomic mass is 9.99. The summed E-state index contributed by atoms with van der Waals surface area (Å²) in [5.74, 6) is -0.988. The van der Waals surface area contributed by atoms with Crippen molar-refractivity contribution in [2.75, 3.05) is 0 Å². The maximum atomic E-state index is 11.3. The van der Waals surface area contributed by atoms with E-state index in [9.17, 15) is 9.90 Å². The summed E-state index contributed by atoms with van der Waals surface area (Å²) in [6.07, 6.45) is 1.42. The normalized spacial score (nSPS) is 12.8. The Hall–Kier alpha value is -2.17. The van der Waals surface area contributed by atoms with Crippen molar-refractivity contribution >= 4 is 11.6 Å². The van der Waals surface area contributed by atoms with E-state index in [-0.39, 0.29) is 17.4 Å². The van der Waals surface area contributed by atoms with Gasteiger partial charge in [0.05, 0.1) is 5.69 Å². The lowest BCUT2D eigenvalue weighted by molar-refractivity contribution is -0.114. The van der Waals surface area contributed by atoms with E-state index in [1.807, 2.05) is 32.0 Å². The first-order valence-corrected chi connectivity index (χ1v) is 6.29. The van der Waals surface area contributed by atoms with Gasteiger partial charge in [0.1, 0.15) is 5.76 Å². The minimum absolute atomic E-state index is 0.0859. The van der Waals surface area contributed by atoms with E-state index in [0.29, 0.717) is 18.5 Å². The van der Waals surface area contributed by atoms with Crippen molar-refractivity contribution in [1.82, 2.24) is 0 Å². The molecule has 1 rings (SSSR count). The number of amides is 1. The van der Waals surface area contributed by atoms with Crippen molar-refractivity contribution in [2.24, 2.45) is 21.9 Å². The molecular formula is C14H19N3O2. The Morgan fingerprint density at radius 3 is 2.32 bits per heavy atom. The van der Waals surface area contributed by atoms with Crippen molar-refractivity contribution in [3.63, 3.8) is 0 Å². The second kappa shape index (κ2) is 7.31. The van der Waals surface area contributed by atoms with E-state index in [4.69, 9.17) is 5.73 Å². The van der Waals surface area contributed by atoms with Gasteiger partial charge in [0.25, 0.3) is 5.91 Å². The van der Waals surface area contributed by atoms with E-state index in [1.165, 1.54) is 0 Å². The van der Waals surface area contributed by atoms with Crippen molar-refractivity contribution in [3.05, 3.63) is 41.8 Å². The zero-order valence-electron chi connectivity index (χ0n) is 11.2. The Morgan fingerprint density at radius 2 is 1.84 bits per heavy atom. The second-order valence-corrected chi connectivity index (χ2v) is 4.15. The molecule has 0 aliphatic rings. The van der Waals surface area contributed by atoms with Crippen molar-refractivity contribution in [3.8, 4) is 0 Å². The van der Waals surface area contributed by atoms with Crippen LogP contribution in [0.5, 0.6) is 0 Å². The summed E-state index contributed by atoms with van der Waals surface area (Å²) < 4.78 is 0. The molecule has 1 aromatic carbocycles. The van der Waals surface area contributed by atoms with Gasteiger partial charge in [-0.2, -0.15) is 5.11 Å². The number of nitrogens with zero attached hydrogens (tertiary/aromatic N) is 2. The number of carbonyl (C=O) groups excluding carboxylic acids is 1. The van der Waals surface area contributed by atoms with Gasteiger partial charge in [-0.1, -0.05) is 32.0 Å². The Labute approximate surface area is 112 Å². The number of carbonyl (C=O) groups is 1. The number of aliphatic hydroxyl groups excluding tert-OH is 1. The topological polar surface area (TPSA) is 88.0 Å². The van der Waals surface area contributed by atoms with Crippen LogP contribution in [0.3, 0.4) is 0 Å². The van der Waals surface area contributed by atoms with Crippen LogP contribution in [0.15, 0.2) is 52.0 Å². The highest BCUT2D eigenvalue weighted by molar-refractivity contribution is 5.91. The lowest BCUT2D eigenvalue weighted by Gasteiger charge is -2.12.